The molecule has 1 aliphatic rings. The van der Waals surface area contributed by atoms with E-state index in [0.29, 0.717) is 0 Å². The summed E-state index contributed by atoms with van der Waals surface area (Å²) >= 11 is 0. The molecule has 0 amide bonds. The van der Waals surface area contributed by atoms with E-state index in [9.17, 15) is 4.79 Å². The van der Waals surface area contributed by atoms with Crippen LogP contribution in [-0.4, -0.2) is 19.9 Å². The number of aldehydes is 1. The molecule has 0 spiro atoms. The van der Waals surface area contributed by atoms with Gasteiger partial charge in [-0.15, -0.1) is 0 Å². The Morgan fingerprint density at radius 3 is 3.00 bits per heavy atom. The van der Waals surface area contributed by atoms with Crippen LogP contribution in [0.5, 0.6) is 0 Å². The Labute approximate surface area is 96.6 Å². The van der Waals surface area contributed by atoms with Crippen molar-refractivity contribution >= 4 is 18.0 Å². The number of carbonyl (C=O) groups is 1. The minimum Gasteiger partial charge on any atom is -0.374 e. The summed E-state index contributed by atoms with van der Waals surface area (Å²) in [6.45, 7) is 3.10. The molecule has 2 heteroatoms. The molecule has 2 nitrogen and oxygen atoms in total. The first-order valence-corrected chi connectivity index (χ1v) is 5.74. The quantitative estimate of drug-likeness (QED) is 0.570. The number of likely N-dealkylation sites (N-methyl/N-ethyl adjacent to an activating group) is 1. The number of nitrogens with zero attached hydrogens (tertiary/aromatic N) is 1. The average molecular weight is 215 g/mol. The molecule has 0 atom stereocenters. The smallest absolute Gasteiger partial charge is 0.146 e. The van der Waals surface area contributed by atoms with E-state index in [1.807, 2.05) is 13.0 Å². The summed E-state index contributed by atoms with van der Waals surface area (Å²) in [6.07, 6.45) is 4.82. The van der Waals surface area contributed by atoms with Crippen LogP contribution in [0, 0.1) is 0 Å². The van der Waals surface area contributed by atoms with Crippen LogP contribution in [0.4, 0.5) is 5.69 Å². The highest BCUT2D eigenvalue weighted by atomic mass is 16.1. The van der Waals surface area contributed by atoms with Crippen LogP contribution in [0.3, 0.4) is 0 Å². The number of hydrogen-bond acceptors (Lipinski definition) is 2. The molecule has 0 fully saturated rings. The summed E-state index contributed by atoms with van der Waals surface area (Å²) in [5, 5.41) is 0. The van der Waals surface area contributed by atoms with Gasteiger partial charge in [0.2, 0.25) is 0 Å². The number of benzene rings is 1. The predicted octanol–water partition coefficient (Wildman–Crippen LogP) is 2.67. The second-order valence-corrected chi connectivity index (χ2v) is 4.25. The van der Waals surface area contributed by atoms with Crippen molar-refractivity contribution in [1.82, 2.24) is 0 Å². The van der Waals surface area contributed by atoms with Gasteiger partial charge in [0, 0.05) is 19.3 Å². The Hall–Kier alpha value is -1.57. The molecule has 1 aliphatic heterocycles. The van der Waals surface area contributed by atoms with E-state index in [4.69, 9.17) is 0 Å². The number of fused-ring (bicyclic) bond motifs is 1. The van der Waals surface area contributed by atoms with Crippen molar-refractivity contribution in [3.05, 3.63) is 34.9 Å². The molecule has 84 valence electrons. The Morgan fingerprint density at radius 2 is 2.31 bits per heavy atom. The molecule has 0 saturated carbocycles. The second-order valence-electron chi connectivity index (χ2n) is 4.25. The van der Waals surface area contributed by atoms with E-state index < -0.39 is 0 Å². The Bertz CT molecular complexity index is 434. The topological polar surface area (TPSA) is 20.3 Å². The van der Waals surface area contributed by atoms with Crippen molar-refractivity contribution in [1.29, 1.82) is 0 Å². The van der Waals surface area contributed by atoms with Crippen molar-refractivity contribution in [3.8, 4) is 0 Å². The number of anilines is 1. The summed E-state index contributed by atoms with van der Waals surface area (Å²) in [7, 11) is 2.12. The molecular formula is C14H17NO. The lowest BCUT2D eigenvalue weighted by molar-refractivity contribution is -0.104. The highest BCUT2D eigenvalue weighted by Gasteiger charge is 2.14. The van der Waals surface area contributed by atoms with E-state index in [0.717, 1.165) is 36.8 Å². The Balaban J connectivity index is 2.32. The zero-order valence-electron chi connectivity index (χ0n) is 9.86. The Kier molecular flexibility index (Phi) is 3.09. The third-order valence-electron chi connectivity index (χ3n) is 3.14. The molecule has 16 heavy (non-hydrogen) atoms. The van der Waals surface area contributed by atoms with Crippen LogP contribution < -0.4 is 4.90 Å². The van der Waals surface area contributed by atoms with Gasteiger partial charge in [-0.1, -0.05) is 13.0 Å². The van der Waals surface area contributed by atoms with Gasteiger partial charge in [0.15, 0.2) is 0 Å². The van der Waals surface area contributed by atoms with E-state index in [1.54, 1.807) is 0 Å². The molecule has 0 aromatic heterocycles. The first-order valence-electron chi connectivity index (χ1n) is 5.74. The maximum Gasteiger partial charge on any atom is 0.146 e. The fourth-order valence-electron chi connectivity index (χ4n) is 2.11. The van der Waals surface area contributed by atoms with Crippen molar-refractivity contribution in [2.24, 2.45) is 0 Å². The molecule has 2 rings (SSSR count). The van der Waals surface area contributed by atoms with Crippen LogP contribution in [-0.2, 0) is 11.2 Å². The van der Waals surface area contributed by atoms with Crippen LogP contribution in [0.1, 0.15) is 24.5 Å². The van der Waals surface area contributed by atoms with Crippen LogP contribution in [0.15, 0.2) is 23.8 Å². The lowest BCUT2D eigenvalue weighted by Crippen LogP contribution is -2.12. The van der Waals surface area contributed by atoms with Crippen molar-refractivity contribution in [3.63, 3.8) is 0 Å². The summed E-state index contributed by atoms with van der Waals surface area (Å²) in [4.78, 5) is 13.0. The number of hydrogen-bond donors (Lipinski definition) is 0. The lowest BCUT2D eigenvalue weighted by atomic mass is 10.1. The van der Waals surface area contributed by atoms with Gasteiger partial charge in [-0.25, -0.2) is 0 Å². The molecule has 0 N–H and O–H groups in total. The maximum atomic E-state index is 10.7. The molecule has 0 saturated heterocycles. The fourth-order valence-corrected chi connectivity index (χ4v) is 2.11. The maximum absolute atomic E-state index is 10.7. The zero-order valence-corrected chi connectivity index (χ0v) is 9.86. The van der Waals surface area contributed by atoms with E-state index in [-0.39, 0.29) is 0 Å². The number of rotatable bonds is 3. The summed E-state index contributed by atoms with van der Waals surface area (Å²) < 4.78 is 0. The minimum atomic E-state index is 0.792. The second kappa shape index (κ2) is 4.52. The first-order chi connectivity index (χ1) is 7.74. The van der Waals surface area contributed by atoms with Gasteiger partial charge in [-0.3, -0.25) is 4.79 Å². The highest BCUT2D eigenvalue weighted by Crippen LogP contribution is 2.28. The van der Waals surface area contributed by atoms with Gasteiger partial charge in [0.1, 0.15) is 6.29 Å². The standard InChI is InChI=1S/C14H17NO/c1-3-11(10-16)8-12-4-5-14-13(9-12)6-7-15(14)2/h4-5,8-10H,3,6-7H2,1-2H3. The summed E-state index contributed by atoms with van der Waals surface area (Å²) in [5.74, 6) is 0. The largest absolute Gasteiger partial charge is 0.374 e. The normalized spacial score (nSPS) is 15.1. The highest BCUT2D eigenvalue weighted by molar-refractivity contribution is 5.82. The molecule has 0 unspecified atom stereocenters. The third kappa shape index (κ3) is 2.01. The average Bonchev–Trinajstić information content (AvgIpc) is 2.68. The lowest BCUT2D eigenvalue weighted by Gasteiger charge is -2.11. The van der Waals surface area contributed by atoms with Gasteiger partial charge in [-0.05, 0) is 47.8 Å². The number of allylic oxidation sites excluding steroid dienone is 1. The van der Waals surface area contributed by atoms with Gasteiger partial charge in [0.25, 0.3) is 0 Å². The SMILES string of the molecule is CCC(C=O)=Cc1ccc2c(c1)CCN2C. The fraction of sp³-hybridized carbons (Fsp3) is 0.357. The monoisotopic (exact) mass is 215 g/mol. The van der Waals surface area contributed by atoms with Gasteiger partial charge >= 0.3 is 0 Å². The first kappa shape index (κ1) is 10.9. The molecule has 0 aliphatic carbocycles. The van der Waals surface area contributed by atoms with E-state index >= 15 is 0 Å². The van der Waals surface area contributed by atoms with Crippen LogP contribution in [0.2, 0.25) is 0 Å². The van der Waals surface area contributed by atoms with Crippen molar-refractivity contribution in [2.45, 2.75) is 19.8 Å². The van der Waals surface area contributed by atoms with E-state index in [2.05, 4.69) is 30.1 Å². The van der Waals surface area contributed by atoms with E-state index in [1.165, 1.54) is 11.3 Å². The molecule has 0 radical (unpaired) electrons. The molecule has 1 heterocycles. The summed E-state index contributed by atoms with van der Waals surface area (Å²) in [6, 6.07) is 6.42. The Morgan fingerprint density at radius 1 is 1.50 bits per heavy atom. The van der Waals surface area contributed by atoms with Crippen molar-refractivity contribution in [2.75, 3.05) is 18.5 Å². The zero-order chi connectivity index (χ0) is 11.5. The third-order valence-corrected chi connectivity index (χ3v) is 3.14. The summed E-state index contributed by atoms with van der Waals surface area (Å²) in [5.41, 5.74) is 4.70. The minimum absolute atomic E-state index is 0.792. The van der Waals surface area contributed by atoms with Crippen LogP contribution in [0.25, 0.3) is 6.08 Å². The molecular weight excluding hydrogens is 198 g/mol. The van der Waals surface area contributed by atoms with Crippen molar-refractivity contribution < 1.29 is 4.79 Å². The van der Waals surface area contributed by atoms with Crippen LogP contribution >= 0.6 is 0 Å². The van der Waals surface area contributed by atoms with Gasteiger partial charge in [0.05, 0.1) is 0 Å². The molecule has 1 aromatic carbocycles. The molecule has 0 bridgehead atoms. The predicted molar refractivity (Wildman–Crippen MR) is 67.7 cm³/mol. The van der Waals surface area contributed by atoms with Gasteiger partial charge in [-0.2, -0.15) is 0 Å². The number of carbonyl (C=O) groups excluding carboxylic acids is 1. The van der Waals surface area contributed by atoms with Gasteiger partial charge < -0.3 is 4.90 Å². The molecule has 1 aromatic rings.